The van der Waals surface area contributed by atoms with Gasteiger partial charge in [-0.2, -0.15) is 0 Å². The maximum absolute atomic E-state index is 14.8. The van der Waals surface area contributed by atoms with Gasteiger partial charge in [-0.15, -0.1) is 10.2 Å². The first-order valence-corrected chi connectivity index (χ1v) is 13.2. The molecule has 2 heterocycles. The molecule has 1 aromatic carbocycles. The van der Waals surface area contributed by atoms with E-state index in [1.165, 1.54) is 24.8 Å². The first-order chi connectivity index (χ1) is 17.4. The Bertz CT molecular complexity index is 1060. The van der Waals surface area contributed by atoms with Crippen LogP contribution in [0.4, 0.5) is 4.39 Å². The number of thioether (sulfide) groups is 1. The first-order valence-electron chi connectivity index (χ1n) is 12.3. The van der Waals surface area contributed by atoms with Crippen LogP contribution in [-0.4, -0.2) is 64.2 Å². The van der Waals surface area contributed by atoms with Crippen molar-refractivity contribution in [2.24, 2.45) is 11.0 Å². The third-order valence-electron chi connectivity index (χ3n) is 6.31. The number of carbonyl (C=O) groups is 3. The second-order valence-electron chi connectivity index (χ2n) is 9.09. The summed E-state index contributed by atoms with van der Waals surface area (Å²) in [6, 6.07) is 5.81. The van der Waals surface area contributed by atoms with Gasteiger partial charge in [0, 0.05) is 36.7 Å². The second kappa shape index (κ2) is 12.0. The maximum Gasteiger partial charge on any atom is 0.307 e. The Morgan fingerprint density at radius 1 is 1.28 bits per heavy atom. The van der Waals surface area contributed by atoms with Crippen LogP contribution in [-0.2, 0) is 19.1 Å². The number of Topliss-reactive ketones (excluding diaryl/α,β-unsaturated/α-hetero) is 1. The van der Waals surface area contributed by atoms with E-state index in [0.717, 1.165) is 18.4 Å². The lowest BCUT2D eigenvalue weighted by atomic mass is 9.93. The van der Waals surface area contributed by atoms with Gasteiger partial charge < -0.3 is 4.74 Å². The quantitative estimate of drug-likeness (QED) is 0.454. The molecule has 2 N–H and O–H groups in total. The van der Waals surface area contributed by atoms with Crippen LogP contribution in [0.1, 0.15) is 51.1 Å². The molecule has 4 rings (SSSR count). The molecule has 1 saturated heterocycles. The summed E-state index contributed by atoms with van der Waals surface area (Å²) in [5, 5.41) is 5.79. The van der Waals surface area contributed by atoms with Gasteiger partial charge >= 0.3 is 5.97 Å². The molecule has 1 aromatic rings. The molecule has 9 nitrogen and oxygen atoms in total. The van der Waals surface area contributed by atoms with Gasteiger partial charge in [-0.25, -0.2) is 9.93 Å². The number of benzene rings is 1. The zero-order valence-corrected chi connectivity index (χ0v) is 21.4. The fourth-order valence-corrected chi connectivity index (χ4v) is 5.40. The van der Waals surface area contributed by atoms with E-state index in [4.69, 9.17) is 4.74 Å². The highest BCUT2D eigenvalue weighted by Crippen LogP contribution is 2.40. The van der Waals surface area contributed by atoms with E-state index in [-0.39, 0.29) is 40.3 Å². The first kappa shape index (κ1) is 26.3. The Morgan fingerprint density at radius 2 is 2.06 bits per heavy atom. The van der Waals surface area contributed by atoms with Crippen LogP contribution < -0.4 is 11.0 Å². The molecule has 2 aliphatic heterocycles. The number of carbonyl (C=O) groups excluding carboxylic acids is 3. The number of ether oxygens (including phenoxy) is 1. The monoisotopic (exact) mass is 517 g/mol. The minimum atomic E-state index is -0.664. The summed E-state index contributed by atoms with van der Waals surface area (Å²) in [5.41, 5.74) is 7.24. The summed E-state index contributed by atoms with van der Waals surface area (Å²) < 4.78 is 19.8. The number of esters is 1. The summed E-state index contributed by atoms with van der Waals surface area (Å²) in [5.74, 6) is -0.121. The van der Waals surface area contributed by atoms with E-state index < -0.39 is 6.04 Å². The highest BCUT2D eigenvalue weighted by Gasteiger charge is 2.41. The third-order valence-corrected chi connectivity index (χ3v) is 7.46. The summed E-state index contributed by atoms with van der Waals surface area (Å²) in [6.45, 7) is 4.96. The van der Waals surface area contributed by atoms with Gasteiger partial charge in [0.05, 0.1) is 25.6 Å². The Kier molecular flexibility index (Phi) is 8.76. The molecule has 194 valence electrons. The molecule has 11 heteroatoms. The standard InChI is InChI=1S/C25H32FN5O4S/c1-3-35-23(33)11-13-31-28-22(27-29-31)14-18-15-30(12-10-21(18)36-16(2)32)24(25(34)17-8-9-17)19-6-4-5-7-20(19)26/h4-7,14,17,21,24,29H,3,8-13,15H2,1-2H3,(H,27,28)/b18-14+. The highest BCUT2D eigenvalue weighted by atomic mass is 32.2. The van der Waals surface area contributed by atoms with Gasteiger partial charge in [-0.05, 0) is 43.9 Å². The van der Waals surface area contributed by atoms with Crippen LogP contribution >= 0.6 is 11.8 Å². The van der Waals surface area contributed by atoms with Crippen LogP contribution in [0.15, 0.2) is 41.0 Å². The summed E-state index contributed by atoms with van der Waals surface area (Å²) in [4.78, 5) is 38.9. The van der Waals surface area contributed by atoms with Crippen LogP contribution in [0.25, 0.3) is 0 Å². The van der Waals surface area contributed by atoms with Crippen LogP contribution in [0, 0.1) is 11.7 Å². The predicted octanol–water partition coefficient (Wildman–Crippen LogP) is 2.72. The number of amidine groups is 1. The zero-order chi connectivity index (χ0) is 25.7. The molecule has 3 aliphatic rings. The molecular weight excluding hydrogens is 485 g/mol. The zero-order valence-electron chi connectivity index (χ0n) is 20.5. The van der Waals surface area contributed by atoms with E-state index in [1.54, 1.807) is 30.2 Å². The Balaban J connectivity index is 1.51. The SMILES string of the molecule is CCOC(=O)CCN1NN=C(/C=C2\CN(C(C(=O)C3CC3)c3ccccc3F)CCC2SC(C)=O)N1. The summed E-state index contributed by atoms with van der Waals surface area (Å²) in [7, 11) is 0. The number of likely N-dealkylation sites (tertiary alicyclic amines) is 1. The van der Waals surface area contributed by atoms with E-state index in [2.05, 4.69) is 16.1 Å². The lowest BCUT2D eigenvalue weighted by Crippen LogP contribution is -2.44. The molecule has 0 amide bonds. The number of ketones is 1. The number of hydrogen-bond donors (Lipinski definition) is 2. The van der Waals surface area contributed by atoms with Crippen molar-refractivity contribution in [2.45, 2.75) is 50.8 Å². The molecule has 0 bridgehead atoms. The van der Waals surface area contributed by atoms with Crippen molar-refractivity contribution in [1.29, 1.82) is 0 Å². The number of hydrazine groups is 2. The fraction of sp³-hybridized carbons (Fsp3) is 0.520. The smallest absolute Gasteiger partial charge is 0.307 e. The highest BCUT2D eigenvalue weighted by molar-refractivity contribution is 8.14. The molecule has 2 atom stereocenters. The van der Waals surface area contributed by atoms with E-state index in [9.17, 15) is 18.8 Å². The summed E-state index contributed by atoms with van der Waals surface area (Å²) in [6.07, 6.45) is 4.39. The number of rotatable bonds is 10. The van der Waals surface area contributed by atoms with Crippen molar-refractivity contribution in [3.05, 3.63) is 47.3 Å². The molecule has 0 aromatic heterocycles. The van der Waals surface area contributed by atoms with Crippen LogP contribution in [0.3, 0.4) is 0 Å². The van der Waals surface area contributed by atoms with Gasteiger partial charge in [0.25, 0.3) is 0 Å². The van der Waals surface area contributed by atoms with Gasteiger partial charge in [0.1, 0.15) is 5.82 Å². The number of piperidine rings is 1. The number of hydrogen-bond acceptors (Lipinski definition) is 10. The molecule has 2 fully saturated rings. The minimum Gasteiger partial charge on any atom is -0.466 e. The van der Waals surface area contributed by atoms with E-state index in [0.29, 0.717) is 44.1 Å². The molecule has 1 saturated carbocycles. The molecular formula is C25H32FN5O4S. The molecule has 0 spiro atoms. The second-order valence-corrected chi connectivity index (χ2v) is 10.5. The van der Waals surface area contributed by atoms with Gasteiger partial charge in [0.2, 0.25) is 0 Å². The average Bonchev–Trinajstić information content (AvgIpc) is 3.60. The topological polar surface area (TPSA) is 103 Å². The number of hydrazone groups is 1. The van der Waals surface area contributed by atoms with Crippen LogP contribution in [0.2, 0.25) is 0 Å². The van der Waals surface area contributed by atoms with Crippen molar-refractivity contribution >= 4 is 34.5 Å². The summed E-state index contributed by atoms with van der Waals surface area (Å²) >= 11 is 1.26. The maximum atomic E-state index is 14.8. The van der Waals surface area contributed by atoms with E-state index in [1.807, 2.05) is 11.0 Å². The number of nitrogens with one attached hydrogen (secondary N) is 2. The van der Waals surface area contributed by atoms with Gasteiger partial charge in [0.15, 0.2) is 16.7 Å². The van der Waals surface area contributed by atoms with Gasteiger partial charge in [-0.3, -0.25) is 24.7 Å². The Morgan fingerprint density at radius 3 is 2.75 bits per heavy atom. The van der Waals surface area contributed by atoms with Crippen molar-refractivity contribution in [2.75, 3.05) is 26.2 Å². The third kappa shape index (κ3) is 6.71. The van der Waals surface area contributed by atoms with Crippen molar-refractivity contribution in [1.82, 2.24) is 21.0 Å². The number of halogens is 1. The molecule has 0 radical (unpaired) electrons. The average molecular weight is 518 g/mol. The predicted molar refractivity (Wildman–Crippen MR) is 135 cm³/mol. The van der Waals surface area contributed by atoms with Crippen molar-refractivity contribution < 1.29 is 23.5 Å². The van der Waals surface area contributed by atoms with Gasteiger partial charge in [-0.1, -0.05) is 30.0 Å². The lowest BCUT2D eigenvalue weighted by molar-refractivity contribution is -0.143. The minimum absolute atomic E-state index is 0.00886. The fourth-order valence-electron chi connectivity index (χ4n) is 4.48. The van der Waals surface area contributed by atoms with Crippen LogP contribution in [0.5, 0.6) is 0 Å². The Hall–Kier alpha value is -2.76. The molecule has 2 unspecified atom stereocenters. The van der Waals surface area contributed by atoms with Crippen molar-refractivity contribution in [3.8, 4) is 0 Å². The van der Waals surface area contributed by atoms with E-state index >= 15 is 0 Å². The van der Waals surface area contributed by atoms with Crippen molar-refractivity contribution in [3.63, 3.8) is 0 Å². The number of nitrogens with zero attached hydrogens (tertiary/aromatic N) is 3. The normalized spacial score (nSPS) is 22.5. The molecule has 36 heavy (non-hydrogen) atoms. The largest absolute Gasteiger partial charge is 0.466 e. The molecule has 1 aliphatic carbocycles. The Labute approximate surface area is 214 Å². The lowest BCUT2D eigenvalue weighted by Gasteiger charge is -2.38.